The van der Waals surface area contributed by atoms with Crippen LogP contribution in [-0.4, -0.2) is 0 Å². The molecule has 5 aliphatic carbocycles. The van der Waals surface area contributed by atoms with Crippen molar-refractivity contribution in [2.75, 3.05) is 0 Å². The molecule has 0 unspecified atom stereocenters. The van der Waals surface area contributed by atoms with Gasteiger partial charge in [0.05, 0.1) is 0 Å². The van der Waals surface area contributed by atoms with E-state index in [2.05, 4.69) is 107 Å². The minimum Gasteiger partial charge on any atom is -0.0625 e. The van der Waals surface area contributed by atoms with Gasteiger partial charge in [-0.3, -0.25) is 0 Å². The summed E-state index contributed by atoms with van der Waals surface area (Å²) in [6.45, 7) is 27.9. The molecule has 5 saturated carbocycles. The molecule has 282 valence electrons. The first-order valence-electron chi connectivity index (χ1n) is 21.8. The molecule has 1 aromatic rings. The molecule has 1 aromatic carbocycles. The molecule has 0 heterocycles. The molecule has 0 amide bonds. The fourth-order valence-electron chi connectivity index (χ4n) is 7.77. The zero-order chi connectivity index (χ0) is 35.9. The molecule has 0 N–H and O–H groups in total. The van der Waals surface area contributed by atoms with Crippen molar-refractivity contribution in [3.8, 4) is 0 Å². The van der Waals surface area contributed by atoms with E-state index in [1.807, 2.05) is 0 Å². The fraction of sp³-hybridized carbons (Fsp3) is 0.875. The second-order valence-electron chi connectivity index (χ2n) is 19.0. The van der Waals surface area contributed by atoms with Gasteiger partial charge in [0.15, 0.2) is 0 Å². The second kappa shape index (κ2) is 26.9. The molecule has 0 bridgehead atoms. The van der Waals surface area contributed by atoms with Crippen LogP contribution in [0.3, 0.4) is 0 Å². The summed E-state index contributed by atoms with van der Waals surface area (Å²) in [4.78, 5) is 0. The maximum Gasteiger partial charge on any atom is -0.0398 e. The van der Waals surface area contributed by atoms with E-state index < -0.39 is 0 Å². The molecule has 48 heavy (non-hydrogen) atoms. The van der Waals surface area contributed by atoms with Gasteiger partial charge in [-0.2, -0.15) is 0 Å². The standard InChI is InChI=1S/5C8H16.C8H10/c6*1-7-3-5-8(2)6-4-7/h5*7-8H,3-6H2,1-2H3;3-6H,1-2H3. The van der Waals surface area contributed by atoms with Gasteiger partial charge in [-0.15, -0.1) is 0 Å². The Kier molecular flexibility index (Phi) is 25.4. The van der Waals surface area contributed by atoms with E-state index in [0.29, 0.717) is 0 Å². The molecule has 0 aromatic heterocycles. The highest BCUT2D eigenvalue weighted by Crippen LogP contribution is 2.30. The summed E-state index contributed by atoms with van der Waals surface area (Å²) in [7, 11) is 0. The molecule has 5 aliphatic rings. The van der Waals surface area contributed by atoms with Gasteiger partial charge in [0.1, 0.15) is 0 Å². The van der Waals surface area contributed by atoms with Gasteiger partial charge in [0.25, 0.3) is 0 Å². The van der Waals surface area contributed by atoms with Gasteiger partial charge in [0.2, 0.25) is 0 Å². The predicted molar refractivity (Wildman–Crippen MR) is 220 cm³/mol. The van der Waals surface area contributed by atoms with E-state index in [9.17, 15) is 0 Å². The first kappa shape index (κ1) is 45.2. The first-order valence-corrected chi connectivity index (χ1v) is 21.8. The SMILES string of the molecule is CC1CCC(C)CC1.CC1CCC(C)CC1.CC1CCC(C)CC1.CC1CCC(C)CC1.CC1CCC(C)CC1.Cc1ccc(C)cc1. The van der Waals surface area contributed by atoms with Crippen molar-refractivity contribution in [3.05, 3.63) is 35.4 Å². The fourth-order valence-corrected chi connectivity index (χ4v) is 7.77. The van der Waals surface area contributed by atoms with E-state index >= 15 is 0 Å². The Morgan fingerprint density at radius 1 is 0.229 bits per heavy atom. The number of rotatable bonds is 0. The van der Waals surface area contributed by atoms with E-state index in [1.165, 1.54) is 140 Å². The molecule has 0 saturated heterocycles. The molecular formula is C48H90. The largest absolute Gasteiger partial charge is 0.0625 e. The first-order chi connectivity index (χ1) is 22.7. The summed E-state index contributed by atoms with van der Waals surface area (Å²) < 4.78 is 0. The van der Waals surface area contributed by atoms with Crippen LogP contribution in [0.2, 0.25) is 0 Å². The Balaban J connectivity index is 0.000000288. The summed E-state index contributed by atoms with van der Waals surface area (Å²) in [5.74, 6) is 10.2. The van der Waals surface area contributed by atoms with Gasteiger partial charge in [-0.25, -0.2) is 0 Å². The molecule has 6 rings (SSSR count). The Hall–Kier alpha value is -0.780. The average molecular weight is 667 g/mol. The van der Waals surface area contributed by atoms with Crippen LogP contribution in [0.5, 0.6) is 0 Å². The lowest BCUT2D eigenvalue weighted by Gasteiger charge is -2.22. The van der Waals surface area contributed by atoms with Crippen LogP contribution in [0.15, 0.2) is 24.3 Å². The van der Waals surface area contributed by atoms with Crippen molar-refractivity contribution >= 4 is 0 Å². The van der Waals surface area contributed by atoms with Crippen molar-refractivity contribution in [1.29, 1.82) is 0 Å². The highest BCUT2D eigenvalue weighted by molar-refractivity contribution is 5.19. The van der Waals surface area contributed by atoms with E-state index in [-0.39, 0.29) is 0 Å². The smallest absolute Gasteiger partial charge is 0.0398 e. The number of hydrogen-bond acceptors (Lipinski definition) is 0. The Morgan fingerprint density at radius 2 is 0.312 bits per heavy atom. The minimum absolute atomic E-state index is 1.02. The highest BCUT2D eigenvalue weighted by Gasteiger charge is 2.16. The average Bonchev–Trinajstić information content (AvgIpc) is 3.07. The van der Waals surface area contributed by atoms with Gasteiger partial charge < -0.3 is 0 Å². The Morgan fingerprint density at radius 3 is 0.396 bits per heavy atom. The maximum atomic E-state index is 2.37. The zero-order valence-corrected chi connectivity index (χ0v) is 35.2. The van der Waals surface area contributed by atoms with Crippen LogP contribution >= 0.6 is 0 Å². The van der Waals surface area contributed by atoms with Crippen molar-refractivity contribution < 1.29 is 0 Å². The van der Waals surface area contributed by atoms with Gasteiger partial charge >= 0.3 is 0 Å². The summed E-state index contributed by atoms with van der Waals surface area (Å²) in [5.41, 5.74) is 2.66. The highest BCUT2D eigenvalue weighted by atomic mass is 14.2. The van der Waals surface area contributed by atoms with Gasteiger partial charge in [-0.05, 0) is 73.0 Å². The van der Waals surface area contributed by atoms with Gasteiger partial charge in [0, 0.05) is 0 Å². The van der Waals surface area contributed by atoms with Crippen LogP contribution in [0.1, 0.15) is 209 Å². The van der Waals surface area contributed by atoms with Crippen molar-refractivity contribution in [1.82, 2.24) is 0 Å². The number of benzene rings is 1. The topological polar surface area (TPSA) is 0 Å². The second-order valence-corrected chi connectivity index (χ2v) is 19.0. The maximum absolute atomic E-state index is 2.37. The Bertz CT molecular complexity index is 624. The molecule has 0 heteroatoms. The third kappa shape index (κ3) is 25.2. The van der Waals surface area contributed by atoms with Crippen molar-refractivity contribution in [2.45, 2.75) is 212 Å². The monoisotopic (exact) mass is 667 g/mol. The lowest BCUT2D eigenvalue weighted by molar-refractivity contribution is 0.308. The zero-order valence-electron chi connectivity index (χ0n) is 35.2. The normalized spacial score (nSPS) is 34.7. The molecule has 0 aliphatic heterocycles. The van der Waals surface area contributed by atoms with Crippen LogP contribution in [0.4, 0.5) is 0 Å². The molecule has 0 atom stereocenters. The van der Waals surface area contributed by atoms with Crippen LogP contribution in [0, 0.1) is 73.0 Å². The van der Waals surface area contributed by atoms with Crippen LogP contribution in [-0.2, 0) is 0 Å². The minimum atomic E-state index is 1.02. The molecule has 0 radical (unpaired) electrons. The molecular weight excluding hydrogens is 577 g/mol. The summed E-state index contributed by atoms with van der Waals surface area (Å²) in [5, 5.41) is 0. The quantitative estimate of drug-likeness (QED) is 0.258. The van der Waals surface area contributed by atoms with Crippen molar-refractivity contribution in [2.24, 2.45) is 59.2 Å². The lowest BCUT2D eigenvalue weighted by atomic mass is 9.84. The molecule has 5 fully saturated rings. The van der Waals surface area contributed by atoms with Crippen LogP contribution in [0.25, 0.3) is 0 Å². The van der Waals surface area contributed by atoms with E-state index in [0.717, 1.165) is 59.2 Å². The summed E-state index contributed by atoms with van der Waals surface area (Å²) in [6, 6.07) is 8.48. The predicted octanol–water partition coefficient (Wildman–Crippen LogP) is 16.5. The van der Waals surface area contributed by atoms with E-state index in [4.69, 9.17) is 0 Å². The van der Waals surface area contributed by atoms with Crippen LogP contribution < -0.4 is 0 Å². The Labute approximate surface area is 305 Å². The lowest BCUT2D eigenvalue weighted by Crippen LogP contribution is -2.08. The third-order valence-electron chi connectivity index (χ3n) is 12.7. The summed E-state index contributed by atoms with van der Waals surface area (Å²) >= 11 is 0. The number of aryl methyl sites for hydroxylation is 2. The number of hydrogen-bond donors (Lipinski definition) is 0. The van der Waals surface area contributed by atoms with E-state index in [1.54, 1.807) is 0 Å². The van der Waals surface area contributed by atoms with Crippen molar-refractivity contribution in [3.63, 3.8) is 0 Å². The molecule has 0 spiro atoms. The van der Waals surface area contributed by atoms with Gasteiger partial charge in [-0.1, -0.05) is 233 Å². The molecule has 0 nitrogen and oxygen atoms in total. The summed E-state index contributed by atoms with van der Waals surface area (Å²) in [6.07, 6.45) is 29.5. The third-order valence-corrected chi connectivity index (χ3v) is 12.7.